The standard InChI is InChI=1S/C17H21N5O3/c1-10-8-9-13(24-10)15-14(11(2)18-17-19-20-21-22(15)17)16(23)25-12-6-4-3-5-7-12/h8-9,12,15H,3-7H2,1-2H3,(H,18,19,21)/t15-/m0/s1. The van der Waals surface area contributed by atoms with E-state index in [0.717, 1.165) is 31.4 Å². The third kappa shape index (κ3) is 2.92. The Morgan fingerprint density at radius 1 is 1.28 bits per heavy atom. The molecule has 132 valence electrons. The zero-order valence-corrected chi connectivity index (χ0v) is 14.4. The Balaban J connectivity index is 1.68. The van der Waals surface area contributed by atoms with Crippen LogP contribution >= 0.6 is 0 Å². The van der Waals surface area contributed by atoms with Gasteiger partial charge >= 0.3 is 5.97 Å². The Kier molecular flexibility index (Phi) is 4.03. The largest absolute Gasteiger partial charge is 0.464 e. The van der Waals surface area contributed by atoms with Crippen LogP contribution in [0.1, 0.15) is 56.6 Å². The van der Waals surface area contributed by atoms with Crippen molar-refractivity contribution >= 4 is 11.9 Å². The summed E-state index contributed by atoms with van der Waals surface area (Å²) in [5.41, 5.74) is 1.17. The topological polar surface area (TPSA) is 95.1 Å². The molecule has 8 heteroatoms. The number of carbonyl (C=O) groups excluding carboxylic acids is 1. The summed E-state index contributed by atoms with van der Waals surface area (Å²) in [7, 11) is 0. The van der Waals surface area contributed by atoms with E-state index < -0.39 is 6.04 Å². The van der Waals surface area contributed by atoms with E-state index in [1.165, 1.54) is 6.42 Å². The second-order valence-electron chi connectivity index (χ2n) is 6.63. The zero-order chi connectivity index (χ0) is 17.4. The number of carbonyl (C=O) groups is 1. The molecule has 2 aliphatic rings. The highest BCUT2D eigenvalue weighted by Gasteiger charge is 2.37. The van der Waals surface area contributed by atoms with Gasteiger partial charge in [0, 0.05) is 5.70 Å². The van der Waals surface area contributed by atoms with E-state index in [4.69, 9.17) is 9.15 Å². The van der Waals surface area contributed by atoms with Crippen LogP contribution < -0.4 is 5.32 Å². The summed E-state index contributed by atoms with van der Waals surface area (Å²) in [6.45, 7) is 3.69. The molecule has 2 aromatic heterocycles. The predicted octanol–water partition coefficient (Wildman–Crippen LogP) is 2.74. The lowest BCUT2D eigenvalue weighted by Gasteiger charge is -2.28. The van der Waals surface area contributed by atoms with Gasteiger partial charge in [0.2, 0.25) is 5.95 Å². The number of nitrogens with zero attached hydrogens (tertiary/aromatic N) is 4. The van der Waals surface area contributed by atoms with Gasteiger partial charge in [0.05, 0.1) is 5.57 Å². The molecule has 1 atom stereocenters. The van der Waals surface area contributed by atoms with Gasteiger partial charge in [-0.2, -0.15) is 4.68 Å². The average molecular weight is 343 g/mol. The number of anilines is 1. The van der Waals surface area contributed by atoms with Crippen molar-refractivity contribution in [1.82, 2.24) is 20.2 Å². The van der Waals surface area contributed by atoms with Crippen LogP contribution in [0, 0.1) is 6.92 Å². The van der Waals surface area contributed by atoms with E-state index >= 15 is 0 Å². The Morgan fingerprint density at radius 3 is 2.80 bits per heavy atom. The molecular formula is C17H21N5O3. The van der Waals surface area contributed by atoms with Gasteiger partial charge in [-0.1, -0.05) is 11.5 Å². The molecule has 0 radical (unpaired) electrons. The van der Waals surface area contributed by atoms with Crippen LogP contribution in [-0.2, 0) is 9.53 Å². The van der Waals surface area contributed by atoms with Gasteiger partial charge in [-0.3, -0.25) is 0 Å². The van der Waals surface area contributed by atoms with Gasteiger partial charge in [-0.05, 0) is 62.1 Å². The minimum Gasteiger partial charge on any atom is -0.464 e. The monoisotopic (exact) mass is 343 g/mol. The third-order valence-electron chi connectivity index (χ3n) is 4.79. The minimum absolute atomic E-state index is 0.0178. The number of furan rings is 1. The van der Waals surface area contributed by atoms with Gasteiger partial charge < -0.3 is 14.5 Å². The van der Waals surface area contributed by atoms with Crippen LogP contribution in [0.4, 0.5) is 5.95 Å². The molecule has 4 rings (SSSR count). The SMILES string of the molecule is CC1=C(C(=O)OC2CCCCC2)[C@H](c2ccc(C)o2)n2nnnc2N1. The van der Waals surface area contributed by atoms with Crippen molar-refractivity contribution in [3.8, 4) is 0 Å². The number of rotatable bonds is 3. The summed E-state index contributed by atoms with van der Waals surface area (Å²) < 4.78 is 13.1. The maximum Gasteiger partial charge on any atom is 0.338 e. The molecule has 1 aliphatic carbocycles. The minimum atomic E-state index is -0.531. The number of tetrazole rings is 1. The first-order chi connectivity index (χ1) is 12.1. The molecule has 1 aliphatic heterocycles. The van der Waals surface area contributed by atoms with E-state index in [2.05, 4.69) is 20.8 Å². The van der Waals surface area contributed by atoms with Crippen LogP contribution in [-0.4, -0.2) is 32.3 Å². The van der Waals surface area contributed by atoms with Crippen LogP contribution in [0.5, 0.6) is 0 Å². The smallest absolute Gasteiger partial charge is 0.338 e. The molecule has 0 saturated heterocycles. The molecule has 25 heavy (non-hydrogen) atoms. The van der Waals surface area contributed by atoms with Crippen molar-refractivity contribution in [3.05, 3.63) is 34.9 Å². The number of ether oxygens (including phenoxy) is 1. The number of aryl methyl sites for hydroxylation is 1. The first kappa shape index (κ1) is 15.9. The second kappa shape index (κ2) is 6.34. The van der Waals surface area contributed by atoms with Crippen molar-refractivity contribution < 1.29 is 13.9 Å². The molecule has 8 nitrogen and oxygen atoms in total. The van der Waals surface area contributed by atoms with Crippen molar-refractivity contribution in [2.45, 2.75) is 58.1 Å². The first-order valence-electron chi connectivity index (χ1n) is 8.66. The molecular weight excluding hydrogens is 322 g/mol. The molecule has 1 saturated carbocycles. The summed E-state index contributed by atoms with van der Waals surface area (Å²) in [6, 6.07) is 3.18. The van der Waals surface area contributed by atoms with Crippen LogP contribution in [0.15, 0.2) is 27.8 Å². The molecule has 0 bridgehead atoms. The van der Waals surface area contributed by atoms with Crippen molar-refractivity contribution in [1.29, 1.82) is 0 Å². The quantitative estimate of drug-likeness (QED) is 0.856. The average Bonchev–Trinajstić information content (AvgIpc) is 3.23. The summed E-state index contributed by atoms with van der Waals surface area (Å²) in [4.78, 5) is 13.0. The highest BCUT2D eigenvalue weighted by molar-refractivity contribution is 5.92. The first-order valence-corrected chi connectivity index (χ1v) is 8.66. The summed E-state index contributed by atoms with van der Waals surface area (Å²) in [5, 5.41) is 14.8. The molecule has 0 spiro atoms. The van der Waals surface area contributed by atoms with Gasteiger partial charge in [-0.15, -0.1) is 0 Å². The lowest BCUT2D eigenvalue weighted by molar-refractivity contribution is -0.146. The summed E-state index contributed by atoms with van der Waals surface area (Å²) in [6.07, 6.45) is 5.24. The number of hydrogen-bond donors (Lipinski definition) is 1. The van der Waals surface area contributed by atoms with Crippen LogP contribution in [0.2, 0.25) is 0 Å². The Bertz CT molecular complexity index is 816. The maximum absolute atomic E-state index is 13.0. The summed E-state index contributed by atoms with van der Waals surface area (Å²) in [5.74, 6) is 1.52. The van der Waals surface area contributed by atoms with Gasteiger partial charge in [0.1, 0.15) is 23.7 Å². The lowest BCUT2D eigenvalue weighted by atomic mass is 9.97. The number of nitrogens with one attached hydrogen (secondary N) is 1. The van der Waals surface area contributed by atoms with E-state index in [1.807, 2.05) is 26.0 Å². The molecule has 0 amide bonds. The fourth-order valence-electron chi connectivity index (χ4n) is 3.54. The van der Waals surface area contributed by atoms with Crippen molar-refractivity contribution in [2.75, 3.05) is 5.32 Å². The van der Waals surface area contributed by atoms with Gasteiger partial charge in [0.25, 0.3) is 0 Å². The highest BCUT2D eigenvalue weighted by atomic mass is 16.5. The van der Waals surface area contributed by atoms with Crippen molar-refractivity contribution in [2.24, 2.45) is 0 Å². The Hall–Kier alpha value is -2.64. The van der Waals surface area contributed by atoms with E-state index in [9.17, 15) is 4.79 Å². The third-order valence-corrected chi connectivity index (χ3v) is 4.79. The molecule has 2 aromatic rings. The molecule has 1 N–H and O–H groups in total. The number of fused-ring (bicyclic) bond motifs is 1. The van der Waals surface area contributed by atoms with E-state index in [1.54, 1.807) is 4.68 Å². The Morgan fingerprint density at radius 2 is 2.08 bits per heavy atom. The molecule has 0 unspecified atom stereocenters. The number of allylic oxidation sites excluding steroid dienone is 1. The Labute approximate surface area is 145 Å². The van der Waals surface area contributed by atoms with E-state index in [0.29, 0.717) is 23.0 Å². The number of esters is 1. The van der Waals surface area contributed by atoms with Crippen LogP contribution in [0.25, 0.3) is 0 Å². The lowest BCUT2D eigenvalue weighted by Crippen LogP contribution is -2.31. The zero-order valence-electron chi connectivity index (χ0n) is 14.4. The second-order valence-corrected chi connectivity index (χ2v) is 6.63. The summed E-state index contributed by atoms with van der Waals surface area (Å²) >= 11 is 0. The van der Waals surface area contributed by atoms with Crippen LogP contribution in [0.3, 0.4) is 0 Å². The van der Waals surface area contributed by atoms with E-state index in [-0.39, 0.29) is 12.1 Å². The maximum atomic E-state index is 13.0. The van der Waals surface area contributed by atoms with Crippen molar-refractivity contribution in [3.63, 3.8) is 0 Å². The predicted molar refractivity (Wildman–Crippen MR) is 88.7 cm³/mol. The number of hydrogen-bond acceptors (Lipinski definition) is 7. The highest BCUT2D eigenvalue weighted by Crippen LogP contribution is 2.36. The fourth-order valence-corrected chi connectivity index (χ4v) is 3.54. The normalized spacial score (nSPS) is 21.0. The van der Waals surface area contributed by atoms with Gasteiger partial charge in [-0.25, -0.2) is 4.79 Å². The molecule has 0 aromatic carbocycles. The molecule has 1 fully saturated rings. The van der Waals surface area contributed by atoms with Gasteiger partial charge in [0.15, 0.2) is 0 Å². The number of aromatic nitrogens is 4. The molecule has 3 heterocycles. The fraction of sp³-hybridized carbons (Fsp3) is 0.529.